The van der Waals surface area contributed by atoms with Crippen molar-refractivity contribution in [2.45, 2.75) is 173 Å². The van der Waals surface area contributed by atoms with E-state index in [1.165, 1.54) is 68.4 Å². The molecule has 15 aromatic rings. The van der Waals surface area contributed by atoms with E-state index >= 15 is 0 Å². The maximum Gasteiger partial charge on any atom is 0.339 e. The molecule has 1 aliphatic heterocycles. The molecule has 7 aromatic carbocycles. The molecule has 145 heavy (non-hydrogen) atoms. The van der Waals surface area contributed by atoms with Gasteiger partial charge in [0.25, 0.3) is 22.2 Å². The number of ether oxygens (including phenoxy) is 2. The number of aromatic nitrogens is 4. The fraction of sp³-hybridized carbons (Fsp3) is 0.297. The SMILES string of the molecule is CC(=O)Cc1cccc(-c2c(C)n(C3CCOCC3)c(=O)c3c(Cc4ccc(I)cc4F)c(C)c(=O)oc23)c1.CC(=O)Cc1cccc(-c2c(C)n(CC(O)CO)c(=O)c3c(Cc4ccc(I)cc4F)c(C)c(=O)oc23)c1.CC(=O)Nc1cccc(-c2c(C)n(CCN(C)C(C)=O)c(=O)c3c(Cc4ccc(I)cc4F)c(C)c(=O)oc23)c1.COCCCn1c(C)cc2oc(=O)c(C)c(Cc3ccc(I)cc3F)c2c1=O. The van der Waals surface area contributed by atoms with Gasteiger partial charge in [0.05, 0.1) is 40.8 Å². The number of aryl methyl sites for hydroxylation is 1. The number of amides is 2. The van der Waals surface area contributed by atoms with E-state index in [0.717, 1.165) is 27.4 Å². The number of aliphatic hydroxyl groups is 2. The second kappa shape index (κ2) is 48.1. The number of benzene rings is 7. The molecule has 1 aliphatic rings. The third-order valence-corrected chi connectivity index (χ3v) is 28.6. The van der Waals surface area contributed by atoms with Gasteiger partial charge in [0.1, 0.15) is 40.4 Å². The summed E-state index contributed by atoms with van der Waals surface area (Å²) in [5.74, 6) is -2.04. The molecule has 0 radical (unpaired) electrons. The van der Waals surface area contributed by atoms with Crippen LogP contribution >= 0.6 is 90.4 Å². The van der Waals surface area contributed by atoms with Gasteiger partial charge in [-0.05, 0) is 312 Å². The van der Waals surface area contributed by atoms with Crippen LogP contribution in [0.15, 0.2) is 208 Å². The number of carbonyl (C=O) groups is 4. The number of hydrogen-bond acceptors (Lipinski definition) is 20. The van der Waals surface area contributed by atoms with Crippen LogP contribution in [-0.2, 0) is 86.8 Å². The summed E-state index contributed by atoms with van der Waals surface area (Å²) in [7, 11) is 3.26. The number of aliphatic hydroxyl groups excluding tert-OH is 2. The quantitative estimate of drug-likeness (QED) is 0.0244. The zero-order valence-electron chi connectivity index (χ0n) is 82.1. The molecule has 1 unspecified atom stereocenters. The Kier molecular flexibility index (Phi) is 36.5. The number of anilines is 1. The number of Topliss-reactive ketones (excluding diaryl/α,β-unsaturated/α-hetero) is 2. The first kappa shape index (κ1) is 110. The lowest BCUT2D eigenvalue weighted by Crippen LogP contribution is -2.33. The molecule has 2 amide bonds. The van der Waals surface area contributed by atoms with Crippen LogP contribution in [0.5, 0.6) is 0 Å². The van der Waals surface area contributed by atoms with Gasteiger partial charge in [0.15, 0.2) is 16.7 Å². The van der Waals surface area contributed by atoms with Gasteiger partial charge in [-0.1, -0.05) is 84.9 Å². The van der Waals surface area contributed by atoms with Crippen LogP contribution in [0.4, 0.5) is 23.2 Å². The van der Waals surface area contributed by atoms with Crippen LogP contribution in [0.1, 0.15) is 154 Å². The molecule has 756 valence electrons. The molecular formula is C111H106F4I4N6O20. The lowest BCUT2D eigenvalue weighted by Gasteiger charge is -2.28. The third-order valence-electron chi connectivity index (χ3n) is 25.9. The second-order valence-corrected chi connectivity index (χ2v) is 41.0. The van der Waals surface area contributed by atoms with Crippen LogP contribution in [0.2, 0.25) is 0 Å². The van der Waals surface area contributed by atoms with E-state index in [2.05, 4.69) is 5.32 Å². The van der Waals surface area contributed by atoms with Crippen molar-refractivity contribution in [1.29, 1.82) is 0 Å². The number of fused-ring (bicyclic) bond motifs is 4. The summed E-state index contributed by atoms with van der Waals surface area (Å²) in [6.45, 7) is 21.1. The van der Waals surface area contributed by atoms with Crippen LogP contribution in [0.3, 0.4) is 0 Å². The number of nitrogens with one attached hydrogen (secondary N) is 1. The van der Waals surface area contributed by atoms with E-state index in [0.29, 0.717) is 161 Å². The van der Waals surface area contributed by atoms with Crippen molar-refractivity contribution >= 4 is 163 Å². The Morgan fingerprint density at radius 1 is 0.469 bits per heavy atom. The average molecular weight is 2430 g/mol. The largest absolute Gasteiger partial charge is 0.422 e. The maximum absolute atomic E-state index is 15.0. The van der Waals surface area contributed by atoms with E-state index in [1.54, 1.807) is 173 Å². The normalized spacial score (nSPS) is 12.2. The number of halogens is 8. The standard InChI is InChI=1S/C31H29FINO5.C30H29FIN3O5.C29H27FINO6.C21H21FINO4/c1-17(35)13-20-5-4-6-22(14-20)27-19(3)34(24-9-11-38-12-10-24)30(36)28-25(18(2)31(37)39-29(27)28)15-21-7-8-23(33)16-26(21)32;1-16-24(14-20-9-10-22(32)15-25(20)31)27-28(40-30(16)39)26(21-7-6-8-23(13-21)33-18(3)36)17(2)35(29(27)38)12-11-34(5)19(4)37;1-15(34)9-18-5-4-6-20(10-18)25-17(3)32(13-22(35)14-33)28(36)26-23(16(2)29(37)38-27(25)26)11-19-7-8-21(31)12-24(19)30;1-12-9-18-19(20(25)24(12)7-4-8-27-3)16(13(2)21(26)28-18)10-14-5-6-15(23)11-17(14)22/h4-8,14,16,24H,9-13,15H2,1-3H3;6-10,13,15H,11-12,14H2,1-5H3,(H,33,36);4-8,10,12,22,33,35H,9,11,13-14H2,1-3H3;5-6,9,11H,4,7-8,10H2,1-3H3. The Morgan fingerprint density at radius 2 is 0.848 bits per heavy atom. The van der Waals surface area contributed by atoms with Crippen LogP contribution < -0.4 is 50.1 Å². The van der Waals surface area contributed by atoms with Crippen molar-refractivity contribution < 1.29 is 74.1 Å². The lowest BCUT2D eigenvalue weighted by molar-refractivity contribution is -0.127. The third kappa shape index (κ3) is 25.1. The monoisotopic (exact) mass is 2430 g/mol. The molecule has 1 saturated heterocycles. The van der Waals surface area contributed by atoms with Gasteiger partial charge in [-0.2, -0.15) is 0 Å². The number of carbonyl (C=O) groups excluding carboxylic acids is 4. The number of likely N-dealkylation sites (N-methyl/N-ethyl adjacent to an activating group) is 1. The molecule has 3 N–H and O–H groups in total. The summed E-state index contributed by atoms with van der Waals surface area (Å²) in [6.07, 6.45) is 1.49. The fourth-order valence-electron chi connectivity index (χ4n) is 18.3. The van der Waals surface area contributed by atoms with Gasteiger partial charge in [0, 0.05) is 200 Å². The average Bonchev–Trinajstić information content (AvgIpc) is 0.725. The van der Waals surface area contributed by atoms with Crippen molar-refractivity contribution in [3.8, 4) is 33.4 Å². The molecule has 26 nitrogen and oxygen atoms in total. The van der Waals surface area contributed by atoms with Gasteiger partial charge >= 0.3 is 22.5 Å². The van der Waals surface area contributed by atoms with E-state index in [9.17, 15) is 85.3 Å². The maximum atomic E-state index is 15.0. The molecule has 1 atom stereocenters. The smallest absolute Gasteiger partial charge is 0.339 e. The van der Waals surface area contributed by atoms with Gasteiger partial charge < -0.3 is 65.8 Å². The number of pyridine rings is 4. The van der Waals surface area contributed by atoms with Crippen molar-refractivity contribution in [3.63, 3.8) is 0 Å². The van der Waals surface area contributed by atoms with Crippen LogP contribution in [0, 0.1) is 92.9 Å². The molecule has 34 heteroatoms. The van der Waals surface area contributed by atoms with Crippen molar-refractivity contribution in [2.75, 3.05) is 52.4 Å². The molecule has 0 saturated carbocycles. The Hall–Kier alpha value is -12.1. The predicted molar refractivity (Wildman–Crippen MR) is 584 cm³/mol. The minimum atomic E-state index is -1.21. The Labute approximate surface area is 884 Å². The topological polar surface area (TPSA) is 351 Å². The van der Waals surface area contributed by atoms with Crippen molar-refractivity contribution in [3.05, 3.63) is 373 Å². The molecule has 16 rings (SSSR count). The number of ketones is 2. The zero-order chi connectivity index (χ0) is 105. The molecule has 1 fully saturated rings. The van der Waals surface area contributed by atoms with Gasteiger partial charge in [0.2, 0.25) is 11.8 Å². The van der Waals surface area contributed by atoms with E-state index in [4.69, 9.17) is 27.1 Å². The summed E-state index contributed by atoms with van der Waals surface area (Å²) < 4.78 is 102. The van der Waals surface area contributed by atoms with Crippen molar-refractivity contribution in [1.82, 2.24) is 23.2 Å². The lowest BCUT2D eigenvalue weighted by atomic mass is 9.93. The van der Waals surface area contributed by atoms with Crippen LogP contribution in [0.25, 0.3) is 77.3 Å². The zero-order valence-corrected chi connectivity index (χ0v) is 90.7. The predicted octanol–water partition coefficient (Wildman–Crippen LogP) is 19.1. The first-order valence-corrected chi connectivity index (χ1v) is 50.9. The summed E-state index contributed by atoms with van der Waals surface area (Å²) in [5, 5.41) is 23.4. The second-order valence-electron chi connectivity index (χ2n) is 36.0. The molecular weight excluding hydrogens is 2320 g/mol. The molecule has 8 aromatic heterocycles. The number of rotatable bonds is 27. The Morgan fingerprint density at radius 3 is 1.25 bits per heavy atom. The number of hydrogen-bond donors (Lipinski definition) is 3. The first-order chi connectivity index (χ1) is 68.9. The highest BCUT2D eigenvalue weighted by atomic mass is 127. The molecule has 0 spiro atoms. The fourth-order valence-corrected chi connectivity index (χ4v) is 20.1. The van der Waals surface area contributed by atoms with Gasteiger partial charge in [-0.3, -0.25) is 38.4 Å². The molecule has 9 heterocycles. The minimum Gasteiger partial charge on any atom is -0.422 e. The number of nitrogens with zero attached hydrogens (tertiary/aromatic N) is 5. The Bertz CT molecular complexity index is 8190. The highest BCUT2D eigenvalue weighted by Crippen LogP contribution is 2.40. The summed E-state index contributed by atoms with van der Waals surface area (Å²) in [5.41, 5.74) is 8.93. The van der Waals surface area contributed by atoms with E-state index < -0.39 is 63.8 Å². The highest BCUT2D eigenvalue weighted by Gasteiger charge is 2.32. The first-order valence-electron chi connectivity index (χ1n) is 46.5. The van der Waals surface area contributed by atoms with E-state index in [-0.39, 0.29) is 160 Å². The number of methoxy groups -OCH3 is 1. The highest BCUT2D eigenvalue weighted by molar-refractivity contribution is 14.1. The minimum absolute atomic E-state index is 0.00765. The summed E-state index contributed by atoms with van der Waals surface area (Å²) >= 11 is 8.11. The van der Waals surface area contributed by atoms with Gasteiger partial charge in [-0.25, -0.2) is 36.7 Å². The summed E-state index contributed by atoms with van der Waals surface area (Å²) in [6, 6.07) is 42.7. The molecule has 0 aliphatic carbocycles. The van der Waals surface area contributed by atoms with E-state index in [1.807, 2.05) is 122 Å². The molecule has 0 bridgehead atoms. The van der Waals surface area contributed by atoms with Crippen LogP contribution in [-0.4, -0.2) is 110 Å². The Balaban J connectivity index is 0.000000163. The van der Waals surface area contributed by atoms with Crippen molar-refractivity contribution in [2.24, 2.45) is 0 Å². The summed E-state index contributed by atoms with van der Waals surface area (Å²) in [4.78, 5) is 156. The van der Waals surface area contributed by atoms with Gasteiger partial charge in [-0.15, -0.1) is 0 Å².